The Morgan fingerprint density at radius 3 is 2.40 bits per heavy atom. The maximum atomic E-state index is 13.3. The van der Waals surface area contributed by atoms with Crippen molar-refractivity contribution >= 4 is 5.91 Å². The van der Waals surface area contributed by atoms with Crippen molar-refractivity contribution in [1.29, 1.82) is 0 Å². The van der Waals surface area contributed by atoms with Crippen LogP contribution in [0.3, 0.4) is 0 Å². The number of aryl methyl sites for hydroxylation is 2. The van der Waals surface area contributed by atoms with Crippen molar-refractivity contribution in [2.45, 2.75) is 20.4 Å². The van der Waals surface area contributed by atoms with E-state index < -0.39 is 0 Å². The lowest BCUT2D eigenvalue weighted by Gasteiger charge is -2.07. The Hall–Kier alpha value is -1.42. The Kier molecular flexibility index (Phi) is 3.80. The minimum atomic E-state index is -0.213. The van der Waals surface area contributed by atoms with Crippen molar-refractivity contribution in [2.24, 2.45) is 5.73 Å². The number of rotatable bonds is 3. The molecule has 0 aliphatic heterocycles. The van der Waals surface area contributed by atoms with Gasteiger partial charge in [0.1, 0.15) is 5.82 Å². The van der Waals surface area contributed by atoms with Gasteiger partial charge in [-0.05, 0) is 30.5 Å². The number of hydrogen-bond acceptors (Lipinski definition) is 2. The Morgan fingerprint density at radius 2 is 1.93 bits per heavy atom. The maximum absolute atomic E-state index is 13.3. The summed E-state index contributed by atoms with van der Waals surface area (Å²) in [6.07, 6.45) is 0. The molecule has 0 fully saturated rings. The van der Waals surface area contributed by atoms with Gasteiger partial charge in [-0.25, -0.2) is 4.39 Å². The molecule has 1 aromatic rings. The third kappa shape index (κ3) is 3.02. The van der Waals surface area contributed by atoms with Crippen LogP contribution in [0.4, 0.5) is 4.39 Å². The van der Waals surface area contributed by atoms with Gasteiger partial charge in [0, 0.05) is 6.54 Å². The van der Waals surface area contributed by atoms with Crippen LogP contribution in [0.1, 0.15) is 16.7 Å². The zero-order valence-electron chi connectivity index (χ0n) is 8.93. The quantitative estimate of drug-likeness (QED) is 0.782. The molecular weight excluding hydrogens is 195 g/mol. The molecule has 1 aromatic carbocycles. The Bertz CT molecular complexity index is 354. The van der Waals surface area contributed by atoms with Gasteiger partial charge in [0.2, 0.25) is 5.91 Å². The number of benzene rings is 1. The van der Waals surface area contributed by atoms with E-state index >= 15 is 0 Å². The molecule has 82 valence electrons. The smallest absolute Gasteiger partial charge is 0.234 e. The van der Waals surface area contributed by atoms with Gasteiger partial charge in [-0.15, -0.1) is 0 Å². The third-order valence-electron chi connectivity index (χ3n) is 2.17. The van der Waals surface area contributed by atoms with Crippen molar-refractivity contribution in [3.8, 4) is 0 Å². The van der Waals surface area contributed by atoms with Gasteiger partial charge >= 0.3 is 0 Å². The zero-order valence-corrected chi connectivity index (χ0v) is 8.93. The Morgan fingerprint density at radius 1 is 1.40 bits per heavy atom. The molecule has 3 nitrogen and oxygen atoms in total. The van der Waals surface area contributed by atoms with Gasteiger partial charge in [-0.1, -0.05) is 12.1 Å². The van der Waals surface area contributed by atoms with E-state index in [1.807, 2.05) is 0 Å². The molecule has 3 N–H and O–H groups in total. The lowest BCUT2D eigenvalue weighted by Crippen LogP contribution is -2.29. The highest BCUT2D eigenvalue weighted by Gasteiger charge is 2.04. The van der Waals surface area contributed by atoms with E-state index in [-0.39, 0.29) is 18.3 Å². The molecule has 0 saturated heterocycles. The Labute approximate surface area is 88.5 Å². The summed E-state index contributed by atoms with van der Waals surface area (Å²) in [6, 6.07) is 3.44. The number of carbonyl (C=O) groups is 1. The molecule has 0 radical (unpaired) electrons. The second-order valence-corrected chi connectivity index (χ2v) is 3.52. The van der Waals surface area contributed by atoms with Crippen molar-refractivity contribution in [3.05, 3.63) is 34.6 Å². The molecule has 0 heterocycles. The SMILES string of the molecule is Cc1cc(CNC(=O)CN)cc(C)c1F. The average Bonchev–Trinajstić information content (AvgIpc) is 2.22. The highest BCUT2D eigenvalue weighted by atomic mass is 19.1. The highest BCUT2D eigenvalue weighted by Crippen LogP contribution is 2.14. The lowest BCUT2D eigenvalue weighted by atomic mass is 10.1. The molecule has 0 bridgehead atoms. The van der Waals surface area contributed by atoms with Crippen LogP contribution in [0.5, 0.6) is 0 Å². The van der Waals surface area contributed by atoms with Crippen LogP contribution in [0.2, 0.25) is 0 Å². The number of hydrogen-bond donors (Lipinski definition) is 2. The summed E-state index contributed by atoms with van der Waals surface area (Å²) < 4.78 is 13.3. The van der Waals surface area contributed by atoms with E-state index in [1.165, 1.54) is 0 Å². The first-order valence-corrected chi connectivity index (χ1v) is 4.77. The standard InChI is InChI=1S/C11H15FN2O/c1-7-3-9(4-8(2)11(7)12)6-14-10(15)5-13/h3-4H,5-6,13H2,1-2H3,(H,14,15). The number of nitrogens with one attached hydrogen (secondary N) is 1. The molecule has 0 aliphatic carbocycles. The first-order valence-electron chi connectivity index (χ1n) is 4.77. The topological polar surface area (TPSA) is 55.1 Å². The molecular formula is C11H15FN2O. The first-order chi connectivity index (χ1) is 7.04. The molecule has 15 heavy (non-hydrogen) atoms. The maximum Gasteiger partial charge on any atom is 0.234 e. The van der Waals surface area contributed by atoms with Crippen LogP contribution in [0.15, 0.2) is 12.1 Å². The minimum Gasteiger partial charge on any atom is -0.351 e. The Balaban J connectivity index is 2.75. The van der Waals surface area contributed by atoms with Crippen LogP contribution in [-0.2, 0) is 11.3 Å². The molecule has 0 atom stereocenters. The lowest BCUT2D eigenvalue weighted by molar-refractivity contribution is -0.119. The predicted molar refractivity (Wildman–Crippen MR) is 56.8 cm³/mol. The largest absolute Gasteiger partial charge is 0.351 e. The van der Waals surface area contributed by atoms with E-state index in [9.17, 15) is 9.18 Å². The number of carbonyl (C=O) groups excluding carboxylic acids is 1. The predicted octanol–water partition coefficient (Wildman–Crippen LogP) is 1.02. The number of amides is 1. The number of nitrogens with two attached hydrogens (primary N) is 1. The van der Waals surface area contributed by atoms with Gasteiger partial charge < -0.3 is 11.1 Å². The van der Waals surface area contributed by atoms with E-state index in [4.69, 9.17) is 5.73 Å². The van der Waals surface area contributed by atoms with Gasteiger partial charge in [0.05, 0.1) is 6.54 Å². The first kappa shape index (κ1) is 11.7. The van der Waals surface area contributed by atoms with Gasteiger partial charge in [0.15, 0.2) is 0 Å². The fraction of sp³-hybridized carbons (Fsp3) is 0.364. The molecule has 0 unspecified atom stereocenters. The second kappa shape index (κ2) is 4.89. The van der Waals surface area contributed by atoms with Crippen molar-refractivity contribution in [2.75, 3.05) is 6.54 Å². The fourth-order valence-corrected chi connectivity index (χ4v) is 1.41. The van der Waals surface area contributed by atoms with Gasteiger partial charge in [0.25, 0.3) is 0 Å². The summed E-state index contributed by atoms with van der Waals surface area (Å²) in [7, 11) is 0. The normalized spacial score (nSPS) is 10.1. The molecule has 1 amide bonds. The van der Waals surface area contributed by atoms with Crippen molar-refractivity contribution in [1.82, 2.24) is 5.32 Å². The van der Waals surface area contributed by atoms with Crippen molar-refractivity contribution in [3.63, 3.8) is 0 Å². The third-order valence-corrected chi connectivity index (χ3v) is 2.17. The molecule has 0 spiro atoms. The van der Waals surface area contributed by atoms with E-state index in [2.05, 4.69) is 5.32 Å². The van der Waals surface area contributed by atoms with Crippen LogP contribution in [-0.4, -0.2) is 12.5 Å². The molecule has 4 heteroatoms. The van der Waals surface area contributed by atoms with E-state index in [0.717, 1.165) is 5.56 Å². The molecule has 0 aliphatic rings. The van der Waals surface area contributed by atoms with Crippen LogP contribution in [0, 0.1) is 19.7 Å². The summed E-state index contributed by atoms with van der Waals surface area (Å²) in [5, 5.41) is 2.64. The average molecular weight is 210 g/mol. The van der Waals surface area contributed by atoms with E-state index in [1.54, 1.807) is 26.0 Å². The monoisotopic (exact) mass is 210 g/mol. The highest BCUT2D eigenvalue weighted by molar-refractivity contribution is 5.77. The summed E-state index contributed by atoms with van der Waals surface area (Å²) in [6.45, 7) is 3.77. The van der Waals surface area contributed by atoms with Crippen LogP contribution < -0.4 is 11.1 Å². The van der Waals surface area contributed by atoms with Crippen LogP contribution >= 0.6 is 0 Å². The fourth-order valence-electron chi connectivity index (χ4n) is 1.41. The zero-order chi connectivity index (χ0) is 11.4. The van der Waals surface area contributed by atoms with Crippen LogP contribution in [0.25, 0.3) is 0 Å². The summed E-state index contributed by atoms with van der Waals surface area (Å²) in [5.41, 5.74) is 7.21. The summed E-state index contributed by atoms with van der Waals surface area (Å²) in [5.74, 6) is -0.404. The molecule has 1 rings (SSSR count). The van der Waals surface area contributed by atoms with E-state index in [0.29, 0.717) is 17.7 Å². The summed E-state index contributed by atoms with van der Waals surface area (Å²) >= 11 is 0. The minimum absolute atomic E-state index is 0.0286. The molecule has 0 aromatic heterocycles. The van der Waals surface area contributed by atoms with Gasteiger partial charge in [-0.3, -0.25) is 4.79 Å². The number of halogens is 1. The van der Waals surface area contributed by atoms with Crippen molar-refractivity contribution < 1.29 is 9.18 Å². The molecule has 0 saturated carbocycles. The second-order valence-electron chi connectivity index (χ2n) is 3.52. The summed E-state index contributed by atoms with van der Waals surface area (Å²) in [4.78, 5) is 10.9. The van der Waals surface area contributed by atoms with Gasteiger partial charge in [-0.2, -0.15) is 0 Å².